The molecule has 0 fully saturated rings. The monoisotopic (exact) mass is 136 g/mol. The van der Waals surface area contributed by atoms with E-state index in [1.165, 1.54) is 11.1 Å². The van der Waals surface area contributed by atoms with E-state index in [9.17, 15) is 0 Å². The van der Waals surface area contributed by atoms with Crippen molar-refractivity contribution in [3.05, 3.63) is 36.0 Å². The van der Waals surface area contributed by atoms with E-state index in [2.05, 4.69) is 39.5 Å². The van der Waals surface area contributed by atoms with Gasteiger partial charge in [-0.2, -0.15) is 0 Å². The van der Waals surface area contributed by atoms with Crippen molar-refractivity contribution >= 4 is 0 Å². The van der Waals surface area contributed by atoms with Crippen LogP contribution in [0.4, 0.5) is 0 Å². The molecule has 0 rings (SSSR count). The maximum atomic E-state index is 3.67. The first-order valence-corrected chi connectivity index (χ1v) is 3.58. The number of rotatable bonds is 3. The Morgan fingerprint density at radius 2 is 1.80 bits per heavy atom. The minimum absolute atomic E-state index is 0.990. The molecule has 0 N–H and O–H groups in total. The second-order valence-corrected chi connectivity index (χ2v) is 2.75. The summed E-state index contributed by atoms with van der Waals surface area (Å²) in [5, 5.41) is 0. The largest absolute Gasteiger partial charge is 0.103 e. The number of hydrogen-bond donors (Lipinski definition) is 0. The van der Waals surface area contributed by atoms with Crippen LogP contribution in [-0.2, 0) is 0 Å². The molecule has 0 aliphatic rings. The normalized spacial score (nSPS) is 10.9. The van der Waals surface area contributed by atoms with E-state index in [0.717, 1.165) is 6.42 Å². The molecule has 0 aliphatic heterocycles. The molecule has 56 valence electrons. The molecule has 0 aliphatic carbocycles. The maximum Gasteiger partial charge on any atom is -0.0141 e. The predicted octanol–water partition coefficient (Wildman–Crippen LogP) is 3.48. The third-order valence-corrected chi connectivity index (χ3v) is 1.17. The molecule has 0 aromatic heterocycles. The van der Waals surface area contributed by atoms with Gasteiger partial charge < -0.3 is 0 Å². The molecule has 0 saturated carbocycles. The fourth-order valence-electron chi connectivity index (χ4n) is 0.605. The molecule has 0 heterocycles. The van der Waals surface area contributed by atoms with Crippen LogP contribution in [0.5, 0.6) is 0 Å². The fourth-order valence-corrected chi connectivity index (χ4v) is 0.605. The van der Waals surface area contributed by atoms with Gasteiger partial charge in [0.2, 0.25) is 0 Å². The van der Waals surface area contributed by atoms with Crippen molar-refractivity contribution in [2.24, 2.45) is 0 Å². The van der Waals surface area contributed by atoms with Crippen LogP contribution in [0.15, 0.2) is 36.0 Å². The molecule has 0 amide bonds. The average molecular weight is 136 g/mol. The zero-order valence-corrected chi connectivity index (χ0v) is 7.15. The lowest BCUT2D eigenvalue weighted by atomic mass is 10.2. The van der Waals surface area contributed by atoms with Crippen LogP contribution in [-0.4, -0.2) is 0 Å². The highest BCUT2D eigenvalue weighted by atomic mass is 13.9. The summed E-state index contributed by atoms with van der Waals surface area (Å²) >= 11 is 0. The van der Waals surface area contributed by atoms with Crippen LogP contribution in [0.25, 0.3) is 0 Å². The summed E-state index contributed by atoms with van der Waals surface area (Å²) in [7, 11) is 0. The van der Waals surface area contributed by atoms with Crippen molar-refractivity contribution in [2.75, 3.05) is 0 Å². The van der Waals surface area contributed by atoms with E-state index in [-0.39, 0.29) is 0 Å². The van der Waals surface area contributed by atoms with E-state index < -0.39 is 0 Å². The Balaban J connectivity index is 3.91. The maximum absolute atomic E-state index is 3.67. The molecule has 0 saturated heterocycles. The highest BCUT2D eigenvalue weighted by Crippen LogP contribution is 2.01. The molecule has 0 nitrogen and oxygen atoms in total. The summed E-state index contributed by atoms with van der Waals surface area (Å²) in [5.74, 6) is 0. The van der Waals surface area contributed by atoms with Crippen LogP contribution in [0.3, 0.4) is 0 Å². The quantitative estimate of drug-likeness (QED) is 0.411. The highest BCUT2D eigenvalue weighted by molar-refractivity contribution is 5.15. The molecule has 0 bridgehead atoms. The SMILES string of the molecule is C=CC/C(C)=C\C=C(C)C. The molecule has 0 aromatic rings. The minimum Gasteiger partial charge on any atom is -0.103 e. The summed E-state index contributed by atoms with van der Waals surface area (Å²) in [6.45, 7) is 9.97. The molecule has 0 atom stereocenters. The Bertz CT molecular complexity index is 155. The Kier molecular flexibility index (Phi) is 4.65. The third kappa shape index (κ3) is 5.36. The lowest BCUT2D eigenvalue weighted by Crippen LogP contribution is -1.70. The second kappa shape index (κ2) is 5.04. The Hall–Kier alpha value is -0.780. The lowest BCUT2D eigenvalue weighted by Gasteiger charge is -1.91. The van der Waals surface area contributed by atoms with Gasteiger partial charge in [0.1, 0.15) is 0 Å². The van der Waals surface area contributed by atoms with Gasteiger partial charge in [-0.1, -0.05) is 29.4 Å². The zero-order chi connectivity index (χ0) is 7.98. The Morgan fingerprint density at radius 3 is 2.20 bits per heavy atom. The number of allylic oxidation sites excluding steroid dienone is 5. The lowest BCUT2D eigenvalue weighted by molar-refractivity contribution is 1.21. The molecule has 10 heavy (non-hydrogen) atoms. The van der Waals surface area contributed by atoms with Gasteiger partial charge in [-0.15, -0.1) is 6.58 Å². The van der Waals surface area contributed by atoms with Gasteiger partial charge in [-0.05, 0) is 27.2 Å². The molecule has 0 unspecified atom stereocenters. The van der Waals surface area contributed by atoms with E-state index in [1.807, 2.05) is 6.08 Å². The van der Waals surface area contributed by atoms with Crippen molar-refractivity contribution in [1.82, 2.24) is 0 Å². The van der Waals surface area contributed by atoms with Crippen molar-refractivity contribution < 1.29 is 0 Å². The van der Waals surface area contributed by atoms with E-state index in [4.69, 9.17) is 0 Å². The standard InChI is InChI=1S/C10H16/c1-5-6-10(4)8-7-9(2)3/h5,7-8H,1,6H2,2-4H3/b10-8-. The summed E-state index contributed by atoms with van der Waals surface area (Å²) in [6.07, 6.45) is 7.17. The summed E-state index contributed by atoms with van der Waals surface area (Å²) in [6, 6.07) is 0. The predicted molar refractivity (Wildman–Crippen MR) is 48.0 cm³/mol. The Labute approximate surface area is 64.0 Å². The molecular weight excluding hydrogens is 120 g/mol. The van der Waals surface area contributed by atoms with E-state index in [0.29, 0.717) is 0 Å². The van der Waals surface area contributed by atoms with E-state index >= 15 is 0 Å². The zero-order valence-electron chi connectivity index (χ0n) is 7.15. The van der Waals surface area contributed by atoms with Crippen LogP contribution >= 0.6 is 0 Å². The van der Waals surface area contributed by atoms with Crippen LogP contribution in [0.1, 0.15) is 27.2 Å². The van der Waals surface area contributed by atoms with Gasteiger partial charge in [0, 0.05) is 0 Å². The van der Waals surface area contributed by atoms with Crippen molar-refractivity contribution in [3.63, 3.8) is 0 Å². The highest BCUT2D eigenvalue weighted by Gasteiger charge is 1.80. The van der Waals surface area contributed by atoms with Gasteiger partial charge >= 0.3 is 0 Å². The minimum atomic E-state index is 0.990. The molecule has 0 heteroatoms. The average Bonchev–Trinajstić information content (AvgIpc) is 1.85. The third-order valence-electron chi connectivity index (χ3n) is 1.17. The van der Waals surface area contributed by atoms with Crippen molar-refractivity contribution in [1.29, 1.82) is 0 Å². The van der Waals surface area contributed by atoms with Gasteiger partial charge in [0.15, 0.2) is 0 Å². The smallest absolute Gasteiger partial charge is 0.0141 e. The summed E-state index contributed by atoms with van der Waals surface area (Å²) in [4.78, 5) is 0. The van der Waals surface area contributed by atoms with Crippen molar-refractivity contribution in [3.8, 4) is 0 Å². The number of hydrogen-bond acceptors (Lipinski definition) is 0. The molecule has 0 spiro atoms. The van der Waals surface area contributed by atoms with Crippen LogP contribution < -0.4 is 0 Å². The fraction of sp³-hybridized carbons (Fsp3) is 0.400. The van der Waals surface area contributed by atoms with Gasteiger partial charge in [0.05, 0.1) is 0 Å². The first-order chi connectivity index (χ1) is 4.66. The molecule has 0 aromatic carbocycles. The van der Waals surface area contributed by atoms with Gasteiger partial charge in [-0.25, -0.2) is 0 Å². The topological polar surface area (TPSA) is 0 Å². The molecule has 0 radical (unpaired) electrons. The van der Waals surface area contributed by atoms with E-state index in [1.54, 1.807) is 0 Å². The van der Waals surface area contributed by atoms with Crippen molar-refractivity contribution in [2.45, 2.75) is 27.2 Å². The van der Waals surface area contributed by atoms with Gasteiger partial charge in [0.25, 0.3) is 0 Å². The second-order valence-electron chi connectivity index (χ2n) is 2.75. The van der Waals surface area contributed by atoms with Crippen LogP contribution in [0, 0.1) is 0 Å². The Morgan fingerprint density at radius 1 is 1.20 bits per heavy atom. The first-order valence-electron chi connectivity index (χ1n) is 3.58. The first kappa shape index (κ1) is 9.22. The van der Waals surface area contributed by atoms with Gasteiger partial charge in [-0.3, -0.25) is 0 Å². The van der Waals surface area contributed by atoms with Crippen LogP contribution in [0.2, 0.25) is 0 Å². The summed E-state index contributed by atoms with van der Waals surface area (Å²) < 4.78 is 0. The molecular formula is C10H16. The summed E-state index contributed by atoms with van der Waals surface area (Å²) in [5.41, 5.74) is 2.69.